The standard InChI is InChI=1S/C16H18N2O2S/c1-18(11-12-6-5-9-17-10-12)15(16(19)20)13-7-3-4-8-14(13)21-2/h3-10,15H,11H2,1-2H3,(H,19,20)/t15-/m1/s1. The van der Waals surface area contributed by atoms with E-state index in [-0.39, 0.29) is 0 Å². The van der Waals surface area contributed by atoms with Gasteiger partial charge in [-0.3, -0.25) is 14.7 Å². The average molecular weight is 302 g/mol. The lowest BCUT2D eigenvalue weighted by atomic mass is 10.1. The number of nitrogens with zero attached hydrogens (tertiary/aromatic N) is 2. The fourth-order valence-electron chi connectivity index (χ4n) is 2.32. The number of carbonyl (C=O) groups is 1. The maximum atomic E-state index is 11.7. The van der Waals surface area contributed by atoms with Gasteiger partial charge in [0, 0.05) is 23.8 Å². The molecule has 1 atom stereocenters. The molecule has 1 aromatic heterocycles. The van der Waals surface area contributed by atoms with Crippen LogP contribution in [-0.4, -0.2) is 34.3 Å². The molecule has 1 heterocycles. The van der Waals surface area contributed by atoms with E-state index < -0.39 is 12.0 Å². The van der Waals surface area contributed by atoms with E-state index in [1.165, 1.54) is 0 Å². The van der Waals surface area contributed by atoms with Gasteiger partial charge in [-0.15, -0.1) is 11.8 Å². The zero-order valence-electron chi connectivity index (χ0n) is 12.1. The Morgan fingerprint density at radius 1 is 1.33 bits per heavy atom. The van der Waals surface area contributed by atoms with Gasteiger partial charge in [0.25, 0.3) is 0 Å². The van der Waals surface area contributed by atoms with Crippen LogP contribution in [0.3, 0.4) is 0 Å². The molecule has 1 N–H and O–H groups in total. The van der Waals surface area contributed by atoms with Crippen molar-refractivity contribution in [3.8, 4) is 0 Å². The number of carboxylic acids is 1. The number of aromatic nitrogens is 1. The van der Waals surface area contributed by atoms with E-state index in [9.17, 15) is 9.90 Å². The quantitative estimate of drug-likeness (QED) is 0.831. The zero-order chi connectivity index (χ0) is 15.2. The van der Waals surface area contributed by atoms with Gasteiger partial charge < -0.3 is 5.11 Å². The summed E-state index contributed by atoms with van der Waals surface area (Å²) in [6, 6.07) is 10.8. The van der Waals surface area contributed by atoms with Gasteiger partial charge in [0.05, 0.1) is 0 Å². The summed E-state index contributed by atoms with van der Waals surface area (Å²) in [7, 11) is 1.82. The van der Waals surface area contributed by atoms with Gasteiger partial charge in [0.2, 0.25) is 0 Å². The van der Waals surface area contributed by atoms with Crippen LogP contribution in [0.2, 0.25) is 0 Å². The second kappa shape index (κ2) is 7.24. The molecule has 0 saturated heterocycles. The molecule has 0 amide bonds. The lowest BCUT2D eigenvalue weighted by Crippen LogP contribution is -2.30. The van der Waals surface area contributed by atoms with Crippen LogP contribution in [0.15, 0.2) is 53.7 Å². The summed E-state index contributed by atoms with van der Waals surface area (Å²) < 4.78 is 0. The topological polar surface area (TPSA) is 53.4 Å². The average Bonchev–Trinajstić information content (AvgIpc) is 2.48. The highest BCUT2D eigenvalue weighted by atomic mass is 32.2. The van der Waals surface area contributed by atoms with Crippen LogP contribution >= 0.6 is 11.8 Å². The largest absolute Gasteiger partial charge is 0.480 e. The van der Waals surface area contributed by atoms with Crippen LogP contribution in [0.1, 0.15) is 17.2 Å². The predicted molar refractivity (Wildman–Crippen MR) is 84.3 cm³/mol. The van der Waals surface area contributed by atoms with E-state index in [1.807, 2.05) is 54.6 Å². The Balaban J connectivity index is 2.28. The molecule has 21 heavy (non-hydrogen) atoms. The van der Waals surface area contributed by atoms with Crippen molar-refractivity contribution in [3.05, 3.63) is 59.9 Å². The third kappa shape index (κ3) is 3.83. The number of carboxylic acid groups (broad SMARTS) is 1. The van der Waals surface area contributed by atoms with Gasteiger partial charge in [-0.2, -0.15) is 0 Å². The fourth-order valence-corrected chi connectivity index (χ4v) is 2.95. The minimum absolute atomic E-state index is 0.535. The monoisotopic (exact) mass is 302 g/mol. The van der Waals surface area contributed by atoms with Crippen molar-refractivity contribution >= 4 is 17.7 Å². The summed E-state index contributed by atoms with van der Waals surface area (Å²) in [5, 5.41) is 9.63. The van der Waals surface area contributed by atoms with Crippen LogP contribution in [0.5, 0.6) is 0 Å². The van der Waals surface area contributed by atoms with Crippen molar-refractivity contribution in [1.29, 1.82) is 0 Å². The minimum Gasteiger partial charge on any atom is -0.480 e. The molecule has 0 aliphatic rings. The number of hydrogen-bond donors (Lipinski definition) is 1. The van der Waals surface area contributed by atoms with Crippen molar-refractivity contribution in [3.63, 3.8) is 0 Å². The molecule has 0 saturated carbocycles. The van der Waals surface area contributed by atoms with Crippen molar-refractivity contribution in [2.24, 2.45) is 0 Å². The van der Waals surface area contributed by atoms with Crippen molar-refractivity contribution in [2.45, 2.75) is 17.5 Å². The van der Waals surface area contributed by atoms with Crippen molar-refractivity contribution < 1.29 is 9.90 Å². The minimum atomic E-state index is -0.845. The molecule has 2 aromatic rings. The molecule has 1 aromatic carbocycles. The maximum absolute atomic E-state index is 11.7. The zero-order valence-corrected chi connectivity index (χ0v) is 12.9. The highest BCUT2D eigenvalue weighted by Crippen LogP contribution is 2.30. The van der Waals surface area contributed by atoms with E-state index in [1.54, 1.807) is 24.2 Å². The SMILES string of the molecule is CSc1ccccc1[C@H](C(=O)O)N(C)Cc1cccnc1. The predicted octanol–water partition coefficient (Wildman–Crippen LogP) is 3.06. The van der Waals surface area contributed by atoms with Gasteiger partial charge in [-0.1, -0.05) is 24.3 Å². The lowest BCUT2D eigenvalue weighted by molar-refractivity contribution is -0.143. The number of hydrogen-bond acceptors (Lipinski definition) is 4. The van der Waals surface area contributed by atoms with E-state index in [4.69, 9.17) is 0 Å². The molecule has 4 nitrogen and oxygen atoms in total. The Morgan fingerprint density at radius 3 is 2.71 bits per heavy atom. The Kier molecular flexibility index (Phi) is 5.36. The molecule has 5 heteroatoms. The van der Waals surface area contributed by atoms with Crippen molar-refractivity contribution in [1.82, 2.24) is 9.88 Å². The third-order valence-corrected chi connectivity index (χ3v) is 4.07. The molecular weight excluding hydrogens is 284 g/mol. The van der Waals surface area contributed by atoms with Gasteiger partial charge in [0.1, 0.15) is 6.04 Å². The van der Waals surface area contributed by atoms with E-state index >= 15 is 0 Å². The molecule has 0 fully saturated rings. The molecular formula is C16H18N2O2S. The van der Waals surface area contributed by atoms with Gasteiger partial charge >= 0.3 is 5.97 Å². The summed E-state index contributed by atoms with van der Waals surface area (Å²) in [6.45, 7) is 0.535. The smallest absolute Gasteiger partial charge is 0.325 e. The Morgan fingerprint density at radius 2 is 2.10 bits per heavy atom. The summed E-state index contributed by atoms with van der Waals surface area (Å²) in [5.74, 6) is -0.845. The summed E-state index contributed by atoms with van der Waals surface area (Å²) in [4.78, 5) is 18.6. The molecule has 0 radical (unpaired) electrons. The number of pyridine rings is 1. The van der Waals surface area contributed by atoms with Crippen LogP contribution in [-0.2, 0) is 11.3 Å². The number of aliphatic carboxylic acids is 1. The first-order chi connectivity index (χ1) is 10.1. The first-order valence-corrected chi connectivity index (χ1v) is 7.81. The lowest BCUT2D eigenvalue weighted by Gasteiger charge is -2.26. The summed E-state index contributed by atoms with van der Waals surface area (Å²) >= 11 is 1.56. The molecule has 0 spiro atoms. The second-order valence-corrected chi connectivity index (χ2v) is 5.61. The Hall–Kier alpha value is -1.85. The van der Waals surface area contributed by atoms with E-state index in [0.29, 0.717) is 6.54 Å². The molecule has 2 rings (SSSR count). The third-order valence-electron chi connectivity index (χ3n) is 3.26. The van der Waals surface area contributed by atoms with Gasteiger partial charge in [-0.05, 0) is 36.6 Å². The number of rotatable bonds is 6. The molecule has 0 aliphatic heterocycles. The van der Waals surface area contributed by atoms with Crippen LogP contribution in [0, 0.1) is 0 Å². The van der Waals surface area contributed by atoms with E-state index in [0.717, 1.165) is 16.0 Å². The van der Waals surface area contributed by atoms with E-state index in [2.05, 4.69) is 4.98 Å². The van der Waals surface area contributed by atoms with Crippen LogP contribution in [0.4, 0.5) is 0 Å². The molecule has 0 bridgehead atoms. The molecule has 0 aliphatic carbocycles. The maximum Gasteiger partial charge on any atom is 0.325 e. The van der Waals surface area contributed by atoms with Crippen LogP contribution < -0.4 is 0 Å². The first kappa shape index (κ1) is 15.5. The first-order valence-electron chi connectivity index (χ1n) is 6.58. The summed E-state index contributed by atoms with van der Waals surface area (Å²) in [5.41, 5.74) is 1.82. The highest BCUT2D eigenvalue weighted by molar-refractivity contribution is 7.98. The Labute approximate surface area is 128 Å². The normalized spacial score (nSPS) is 12.3. The number of benzene rings is 1. The fraction of sp³-hybridized carbons (Fsp3) is 0.250. The van der Waals surface area contributed by atoms with Gasteiger partial charge in [-0.25, -0.2) is 0 Å². The number of likely N-dealkylation sites (N-methyl/N-ethyl adjacent to an activating group) is 1. The summed E-state index contributed by atoms with van der Waals surface area (Å²) in [6.07, 6.45) is 5.43. The second-order valence-electron chi connectivity index (χ2n) is 4.76. The molecule has 0 unspecified atom stereocenters. The number of thioether (sulfide) groups is 1. The highest BCUT2D eigenvalue weighted by Gasteiger charge is 2.26. The Bertz CT molecular complexity index is 604. The van der Waals surface area contributed by atoms with Gasteiger partial charge in [0.15, 0.2) is 0 Å². The molecule has 110 valence electrons. The van der Waals surface area contributed by atoms with Crippen LogP contribution in [0.25, 0.3) is 0 Å². The van der Waals surface area contributed by atoms with Crippen molar-refractivity contribution in [2.75, 3.05) is 13.3 Å².